The summed E-state index contributed by atoms with van der Waals surface area (Å²) in [6.45, 7) is 1.31. The van der Waals surface area contributed by atoms with E-state index in [1.807, 2.05) is 18.2 Å². The van der Waals surface area contributed by atoms with Crippen molar-refractivity contribution in [3.8, 4) is 11.5 Å². The molecule has 0 saturated heterocycles. The Bertz CT molecular complexity index is 694. The van der Waals surface area contributed by atoms with Crippen LogP contribution in [0.5, 0.6) is 11.5 Å². The van der Waals surface area contributed by atoms with Crippen LogP contribution in [0, 0.1) is 0 Å². The van der Waals surface area contributed by atoms with Gasteiger partial charge in [-0.15, -0.1) is 0 Å². The van der Waals surface area contributed by atoms with Crippen molar-refractivity contribution in [1.29, 1.82) is 0 Å². The zero-order valence-electron chi connectivity index (χ0n) is 14.7. The molecule has 1 aromatic carbocycles. The van der Waals surface area contributed by atoms with Crippen molar-refractivity contribution in [3.63, 3.8) is 0 Å². The summed E-state index contributed by atoms with van der Waals surface area (Å²) >= 11 is 0. The van der Waals surface area contributed by atoms with Crippen LogP contribution in [0.15, 0.2) is 47.1 Å². The summed E-state index contributed by atoms with van der Waals surface area (Å²) in [4.78, 5) is 14.2. The van der Waals surface area contributed by atoms with Gasteiger partial charge in [0, 0.05) is 31.4 Å². The third kappa shape index (κ3) is 5.39. The molecule has 2 aromatic rings. The van der Waals surface area contributed by atoms with Crippen LogP contribution in [0.1, 0.15) is 11.3 Å². The predicted octanol–water partition coefficient (Wildman–Crippen LogP) is 2.99. The lowest BCUT2D eigenvalue weighted by Gasteiger charge is -2.19. The van der Waals surface area contributed by atoms with Gasteiger partial charge in [-0.3, -0.25) is 4.79 Å². The maximum Gasteiger partial charge on any atom is 0.247 e. The van der Waals surface area contributed by atoms with Gasteiger partial charge in [-0.25, -0.2) is 0 Å². The first-order valence-electron chi connectivity index (χ1n) is 7.88. The Morgan fingerprint density at radius 2 is 2.04 bits per heavy atom. The molecule has 0 aliphatic heterocycles. The van der Waals surface area contributed by atoms with Gasteiger partial charge < -0.3 is 23.5 Å². The lowest BCUT2D eigenvalue weighted by molar-refractivity contribution is -0.127. The van der Waals surface area contributed by atoms with E-state index >= 15 is 0 Å². The third-order valence-corrected chi connectivity index (χ3v) is 3.65. The van der Waals surface area contributed by atoms with Gasteiger partial charge in [0.25, 0.3) is 0 Å². The molecule has 1 amide bonds. The second-order valence-corrected chi connectivity index (χ2v) is 5.27. The van der Waals surface area contributed by atoms with Crippen molar-refractivity contribution >= 4 is 12.0 Å². The highest BCUT2D eigenvalue weighted by Crippen LogP contribution is 2.25. The number of furan rings is 1. The highest BCUT2D eigenvalue weighted by molar-refractivity contribution is 5.92. The molecule has 0 aliphatic rings. The molecule has 0 radical (unpaired) electrons. The quantitative estimate of drug-likeness (QED) is 0.654. The number of nitrogens with zero attached hydrogens (tertiary/aromatic N) is 1. The van der Waals surface area contributed by atoms with E-state index < -0.39 is 0 Å². The van der Waals surface area contributed by atoms with Crippen molar-refractivity contribution in [2.45, 2.75) is 6.54 Å². The normalized spacial score (nSPS) is 10.8. The number of hydrogen-bond donors (Lipinski definition) is 0. The SMILES string of the molecule is COCCN(Cc1ccco1)C(=O)/C=C/c1ccc(OC)cc1OC. The Morgan fingerprint density at radius 3 is 2.68 bits per heavy atom. The summed E-state index contributed by atoms with van der Waals surface area (Å²) in [6.07, 6.45) is 4.83. The molecule has 2 rings (SSSR count). The average molecular weight is 345 g/mol. The smallest absolute Gasteiger partial charge is 0.247 e. The summed E-state index contributed by atoms with van der Waals surface area (Å²) in [7, 11) is 4.78. The van der Waals surface area contributed by atoms with E-state index in [1.165, 1.54) is 6.08 Å². The highest BCUT2D eigenvalue weighted by Gasteiger charge is 2.13. The van der Waals surface area contributed by atoms with Crippen LogP contribution in [0.2, 0.25) is 0 Å². The summed E-state index contributed by atoms with van der Waals surface area (Å²) < 4.78 is 20.9. The average Bonchev–Trinajstić information content (AvgIpc) is 3.16. The van der Waals surface area contributed by atoms with Crippen LogP contribution in [-0.4, -0.2) is 45.3 Å². The van der Waals surface area contributed by atoms with Gasteiger partial charge in [0.05, 0.1) is 33.6 Å². The summed E-state index contributed by atoms with van der Waals surface area (Å²) in [5, 5.41) is 0. The van der Waals surface area contributed by atoms with Gasteiger partial charge >= 0.3 is 0 Å². The van der Waals surface area contributed by atoms with Crippen LogP contribution in [-0.2, 0) is 16.1 Å². The molecule has 0 N–H and O–H groups in total. The third-order valence-electron chi connectivity index (χ3n) is 3.65. The molecule has 1 aromatic heterocycles. The second kappa shape index (κ2) is 9.54. The van der Waals surface area contributed by atoms with Crippen molar-refractivity contribution in [2.24, 2.45) is 0 Å². The Hall–Kier alpha value is -2.73. The molecule has 0 bridgehead atoms. The van der Waals surface area contributed by atoms with Crippen LogP contribution in [0.3, 0.4) is 0 Å². The number of amides is 1. The molecule has 6 heteroatoms. The first kappa shape index (κ1) is 18.6. The number of benzene rings is 1. The van der Waals surface area contributed by atoms with Crippen LogP contribution < -0.4 is 9.47 Å². The van der Waals surface area contributed by atoms with E-state index in [4.69, 9.17) is 18.6 Å². The zero-order chi connectivity index (χ0) is 18.1. The van der Waals surface area contributed by atoms with Crippen molar-refractivity contribution in [3.05, 3.63) is 54.0 Å². The Balaban J connectivity index is 2.12. The Kier molecular flexibility index (Phi) is 7.10. The molecular weight excluding hydrogens is 322 g/mol. The summed E-state index contributed by atoms with van der Waals surface area (Å²) in [6, 6.07) is 9.07. The van der Waals surface area contributed by atoms with Crippen molar-refractivity contribution in [2.75, 3.05) is 34.5 Å². The molecule has 25 heavy (non-hydrogen) atoms. The topological polar surface area (TPSA) is 61.1 Å². The van der Waals surface area contributed by atoms with Crippen molar-refractivity contribution in [1.82, 2.24) is 4.90 Å². The highest BCUT2D eigenvalue weighted by atomic mass is 16.5. The Morgan fingerprint density at radius 1 is 1.20 bits per heavy atom. The lowest BCUT2D eigenvalue weighted by Crippen LogP contribution is -2.31. The van der Waals surface area contributed by atoms with Gasteiger partial charge in [0.2, 0.25) is 5.91 Å². The summed E-state index contributed by atoms with van der Waals surface area (Å²) in [5.74, 6) is 1.92. The monoisotopic (exact) mass is 345 g/mol. The van der Waals surface area contributed by atoms with E-state index in [2.05, 4.69) is 0 Å². The number of methoxy groups -OCH3 is 3. The molecular formula is C19H23NO5. The molecule has 0 fully saturated rings. The summed E-state index contributed by atoms with van der Waals surface area (Å²) in [5.41, 5.74) is 0.793. The molecule has 1 heterocycles. The molecule has 0 atom stereocenters. The fraction of sp³-hybridized carbons (Fsp3) is 0.316. The van der Waals surface area contributed by atoms with E-state index in [-0.39, 0.29) is 5.91 Å². The van der Waals surface area contributed by atoms with E-state index in [9.17, 15) is 4.79 Å². The number of carbonyl (C=O) groups excluding carboxylic acids is 1. The van der Waals surface area contributed by atoms with E-state index in [1.54, 1.807) is 50.7 Å². The minimum Gasteiger partial charge on any atom is -0.497 e. The minimum atomic E-state index is -0.133. The molecule has 0 unspecified atom stereocenters. The fourth-order valence-corrected chi connectivity index (χ4v) is 2.28. The largest absolute Gasteiger partial charge is 0.497 e. The fourth-order valence-electron chi connectivity index (χ4n) is 2.28. The first-order chi connectivity index (χ1) is 12.2. The number of ether oxygens (including phenoxy) is 3. The second-order valence-electron chi connectivity index (χ2n) is 5.27. The Labute approximate surface area is 147 Å². The number of carbonyl (C=O) groups is 1. The first-order valence-corrected chi connectivity index (χ1v) is 7.88. The van der Waals surface area contributed by atoms with Crippen LogP contribution >= 0.6 is 0 Å². The van der Waals surface area contributed by atoms with Gasteiger partial charge in [0.1, 0.15) is 17.3 Å². The zero-order valence-corrected chi connectivity index (χ0v) is 14.7. The van der Waals surface area contributed by atoms with E-state index in [0.29, 0.717) is 31.2 Å². The van der Waals surface area contributed by atoms with Crippen LogP contribution in [0.4, 0.5) is 0 Å². The molecule has 0 aliphatic carbocycles. The van der Waals surface area contributed by atoms with Gasteiger partial charge in [-0.05, 0) is 30.3 Å². The van der Waals surface area contributed by atoms with Gasteiger partial charge in [0.15, 0.2) is 0 Å². The molecule has 0 saturated carbocycles. The number of hydrogen-bond acceptors (Lipinski definition) is 5. The molecule has 0 spiro atoms. The van der Waals surface area contributed by atoms with Gasteiger partial charge in [-0.1, -0.05) is 0 Å². The molecule has 134 valence electrons. The van der Waals surface area contributed by atoms with Crippen molar-refractivity contribution < 1.29 is 23.4 Å². The van der Waals surface area contributed by atoms with E-state index in [0.717, 1.165) is 11.3 Å². The maximum atomic E-state index is 12.5. The standard InChI is InChI=1S/C19H23NO5/c1-22-12-10-20(14-17-5-4-11-25-17)19(21)9-7-15-6-8-16(23-2)13-18(15)24-3/h4-9,11,13H,10,12,14H2,1-3H3/b9-7+. The lowest BCUT2D eigenvalue weighted by atomic mass is 10.1. The number of rotatable bonds is 9. The molecule has 6 nitrogen and oxygen atoms in total. The minimum absolute atomic E-state index is 0.133. The predicted molar refractivity (Wildman–Crippen MR) is 94.6 cm³/mol. The van der Waals surface area contributed by atoms with Crippen LogP contribution in [0.25, 0.3) is 6.08 Å². The van der Waals surface area contributed by atoms with Gasteiger partial charge in [-0.2, -0.15) is 0 Å². The maximum absolute atomic E-state index is 12.5.